The summed E-state index contributed by atoms with van der Waals surface area (Å²) in [7, 11) is 2.06. The van der Waals surface area contributed by atoms with Crippen LogP contribution in [-0.2, 0) is 9.53 Å². The Morgan fingerprint density at radius 3 is 2.42 bits per heavy atom. The van der Waals surface area contributed by atoms with E-state index >= 15 is 0 Å². The number of morpholine rings is 1. The van der Waals surface area contributed by atoms with Crippen molar-refractivity contribution in [2.24, 2.45) is 0 Å². The van der Waals surface area contributed by atoms with Crippen LogP contribution in [0.3, 0.4) is 0 Å². The van der Waals surface area contributed by atoms with Crippen molar-refractivity contribution in [2.75, 3.05) is 33.4 Å². The van der Waals surface area contributed by atoms with E-state index < -0.39 is 0 Å². The van der Waals surface area contributed by atoms with E-state index in [0.29, 0.717) is 30.5 Å². The Morgan fingerprint density at radius 1 is 1.17 bits per heavy atom. The molecule has 0 spiro atoms. The first-order chi connectivity index (χ1) is 11.7. The minimum Gasteiger partial charge on any atom is -0.379 e. The number of nitrogens with one attached hydrogen (secondary N) is 1. The molecule has 0 radical (unpaired) electrons. The molecular formula is C19H33N3O2. The Morgan fingerprint density at radius 2 is 1.79 bits per heavy atom. The second kappa shape index (κ2) is 6.93. The molecule has 136 valence electrons. The summed E-state index contributed by atoms with van der Waals surface area (Å²) >= 11 is 0. The molecule has 4 aliphatic rings. The number of carbonyl (C=O) groups is 1. The fourth-order valence-corrected chi connectivity index (χ4v) is 5.63. The fraction of sp³-hybridized carbons (Fsp3) is 0.947. The van der Waals surface area contributed by atoms with E-state index in [1.54, 1.807) is 0 Å². The van der Waals surface area contributed by atoms with E-state index in [0.717, 1.165) is 39.1 Å². The zero-order chi connectivity index (χ0) is 16.6. The third-order valence-corrected chi connectivity index (χ3v) is 7.09. The van der Waals surface area contributed by atoms with E-state index in [-0.39, 0.29) is 5.54 Å². The maximum absolute atomic E-state index is 13.1. The van der Waals surface area contributed by atoms with Crippen molar-refractivity contribution in [3.05, 3.63) is 0 Å². The monoisotopic (exact) mass is 335 g/mol. The second-order valence-corrected chi connectivity index (χ2v) is 8.48. The highest BCUT2D eigenvalue weighted by atomic mass is 16.5. The number of rotatable bonds is 4. The Bertz CT molecular complexity index is 446. The molecule has 2 atom stereocenters. The molecule has 4 fully saturated rings. The lowest BCUT2D eigenvalue weighted by Gasteiger charge is -2.44. The Labute approximate surface area is 146 Å². The van der Waals surface area contributed by atoms with Crippen molar-refractivity contribution in [3.63, 3.8) is 0 Å². The van der Waals surface area contributed by atoms with Crippen LogP contribution in [0.2, 0.25) is 0 Å². The molecule has 0 aromatic carbocycles. The molecule has 5 heteroatoms. The van der Waals surface area contributed by atoms with Gasteiger partial charge in [0.05, 0.1) is 13.2 Å². The van der Waals surface area contributed by atoms with E-state index in [2.05, 4.69) is 22.2 Å². The summed E-state index contributed by atoms with van der Waals surface area (Å²) in [5, 5.41) is 3.69. The molecule has 3 heterocycles. The van der Waals surface area contributed by atoms with Gasteiger partial charge in [-0.05, 0) is 38.5 Å². The SMILES string of the molecule is CN(C(=O)CC1(N2CCOCC2)CCCC1)C1CC2CCC(C1)N2. The molecule has 1 N–H and O–H groups in total. The summed E-state index contributed by atoms with van der Waals surface area (Å²) in [5.41, 5.74) is 0.112. The third kappa shape index (κ3) is 3.23. The topological polar surface area (TPSA) is 44.8 Å². The van der Waals surface area contributed by atoms with Gasteiger partial charge in [0.25, 0.3) is 0 Å². The molecular weight excluding hydrogens is 302 g/mol. The van der Waals surface area contributed by atoms with Gasteiger partial charge in [-0.2, -0.15) is 0 Å². The quantitative estimate of drug-likeness (QED) is 0.850. The van der Waals surface area contributed by atoms with Crippen LogP contribution in [0.15, 0.2) is 0 Å². The highest BCUT2D eigenvalue weighted by Crippen LogP contribution is 2.39. The highest BCUT2D eigenvalue weighted by molar-refractivity contribution is 5.77. The average molecular weight is 335 g/mol. The molecule has 5 nitrogen and oxygen atoms in total. The van der Waals surface area contributed by atoms with Crippen LogP contribution in [0.4, 0.5) is 0 Å². The van der Waals surface area contributed by atoms with Crippen LogP contribution in [0.5, 0.6) is 0 Å². The number of nitrogens with zero attached hydrogens (tertiary/aromatic N) is 2. The summed E-state index contributed by atoms with van der Waals surface area (Å²) < 4.78 is 5.54. The van der Waals surface area contributed by atoms with Crippen molar-refractivity contribution >= 4 is 5.91 Å². The van der Waals surface area contributed by atoms with Crippen LogP contribution < -0.4 is 5.32 Å². The lowest BCUT2D eigenvalue weighted by molar-refractivity contribution is -0.137. The number of hydrogen-bond acceptors (Lipinski definition) is 4. The number of amides is 1. The molecule has 2 bridgehead atoms. The van der Waals surface area contributed by atoms with Crippen LogP contribution in [0.1, 0.15) is 57.8 Å². The molecule has 3 aliphatic heterocycles. The number of ether oxygens (including phenoxy) is 1. The van der Waals surface area contributed by atoms with Gasteiger partial charge in [-0.1, -0.05) is 12.8 Å². The first kappa shape index (κ1) is 16.8. The van der Waals surface area contributed by atoms with Crippen LogP contribution in [-0.4, -0.2) is 72.7 Å². The lowest BCUT2D eigenvalue weighted by Crippen LogP contribution is -2.55. The van der Waals surface area contributed by atoms with E-state index in [9.17, 15) is 4.79 Å². The van der Waals surface area contributed by atoms with Gasteiger partial charge in [0.15, 0.2) is 0 Å². The standard InChI is InChI=1S/C19H33N3O2/c1-21(17-12-15-4-5-16(13-17)20-15)18(23)14-19(6-2-3-7-19)22-8-10-24-11-9-22/h15-17,20H,2-14H2,1H3. The maximum Gasteiger partial charge on any atom is 0.224 e. The maximum atomic E-state index is 13.1. The molecule has 0 aromatic heterocycles. The summed E-state index contributed by atoms with van der Waals surface area (Å²) in [5.74, 6) is 0.370. The number of carbonyl (C=O) groups excluding carboxylic acids is 1. The lowest BCUT2D eigenvalue weighted by atomic mass is 9.89. The van der Waals surface area contributed by atoms with Gasteiger partial charge < -0.3 is 15.0 Å². The van der Waals surface area contributed by atoms with Gasteiger partial charge in [0.2, 0.25) is 5.91 Å². The Kier molecular flexibility index (Phi) is 4.85. The van der Waals surface area contributed by atoms with Gasteiger partial charge in [0.1, 0.15) is 0 Å². The normalized spacial score (nSPS) is 36.0. The van der Waals surface area contributed by atoms with Gasteiger partial charge in [-0.15, -0.1) is 0 Å². The summed E-state index contributed by atoms with van der Waals surface area (Å²) in [6, 6.07) is 1.73. The molecule has 3 saturated heterocycles. The number of fused-ring (bicyclic) bond motifs is 2. The summed E-state index contributed by atoms with van der Waals surface area (Å²) in [6.45, 7) is 3.63. The first-order valence-electron chi connectivity index (χ1n) is 10.0. The largest absolute Gasteiger partial charge is 0.379 e. The van der Waals surface area contributed by atoms with Gasteiger partial charge in [-0.25, -0.2) is 0 Å². The smallest absolute Gasteiger partial charge is 0.224 e. The molecule has 1 amide bonds. The van der Waals surface area contributed by atoms with Crippen molar-refractivity contribution in [3.8, 4) is 0 Å². The molecule has 4 rings (SSSR count). The average Bonchev–Trinajstić information content (AvgIpc) is 3.22. The highest BCUT2D eigenvalue weighted by Gasteiger charge is 2.43. The van der Waals surface area contributed by atoms with Gasteiger partial charge >= 0.3 is 0 Å². The van der Waals surface area contributed by atoms with E-state index in [1.807, 2.05) is 0 Å². The minimum absolute atomic E-state index is 0.112. The van der Waals surface area contributed by atoms with Gasteiger partial charge in [0, 0.05) is 50.2 Å². The van der Waals surface area contributed by atoms with Crippen LogP contribution in [0.25, 0.3) is 0 Å². The molecule has 1 saturated carbocycles. The van der Waals surface area contributed by atoms with Crippen molar-refractivity contribution in [1.29, 1.82) is 0 Å². The molecule has 24 heavy (non-hydrogen) atoms. The van der Waals surface area contributed by atoms with E-state index in [1.165, 1.54) is 38.5 Å². The predicted molar refractivity (Wildman–Crippen MR) is 93.9 cm³/mol. The van der Waals surface area contributed by atoms with Crippen molar-refractivity contribution in [1.82, 2.24) is 15.1 Å². The number of piperidine rings is 1. The zero-order valence-corrected chi connectivity index (χ0v) is 15.1. The fourth-order valence-electron chi connectivity index (χ4n) is 5.63. The molecule has 0 aromatic rings. The molecule has 2 unspecified atom stereocenters. The predicted octanol–water partition coefficient (Wildman–Crippen LogP) is 1.76. The number of hydrogen-bond donors (Lipinski definition) is 1. The first-order valence-corrected chi connectivity index (χ1v) is 10.0. The van der Waals surface area contributed by atoms with Crippen LogP contribution in [0, 0.1) is 0 Å². The Hall–Kier alpha value is -0.650. The van der Waals surface area contributed by atoms with Crippen molar-refractivity contribution in [2.45, 2.75) is 81.5 Å². The van der Waals surface area contributed by atoms with Crippen molar-refractivity contribution < 1.29 is 9.53 Å². The van der Waals surface area contributed by atoms with Gasteiger partial charge in [-0.3, -0.25) is 9.69 Å². The van der Waals surface area contributed by atoms with E-state index in [4.69, 9.17) is 4.74 Å². The summed E-state index contributed by atoms with van der Waals surface area (Å²) in [6.07, 6.45) is 10.5. The summed E-state index contributed by atoms with van der Waals surface area (Å²) in [4.78, 5) is 17.8. The molecule has 1 aliphatic carbocycles. The minimum atomic E-state index is 0.112. The second-order valence-electron chi connectivity index (χ2n) is 8.48. The Balaban J connectivity index is 1.41. The zero-order valence-electron chi connectivity index (χ0n) is 15.1. The third-order valence-electron chi connectivity index (χ3n) is 7.09. The van der Waals surface area contributed by atoms with Crippen LogP contribution >= 0.6 is 0 Å².